The largest absolute Gasteiger partial charge is 0.493 e. The van der Waals surface area contributed by atoms with E-state index in [0.717, 1.165) is 36.8 Å². The van der Waals surface area contributed by atoms with Gasteiger partial charge in [0, 0.05) is 11.7 Å². The molecular weight excluding hydrogens is 472 g/mol. The Morgan fingerprint density at radius 1 is 0.973 bits per heavy atom. The molecule has 196 valence electrons. The zero-order valence-corrected chi connectivity index (χ0v) is 22.0. The van der Waals surface area contributed by atoms with Crippen LogP contribution in [-0.4, -0.2) is 39.2 Å². The fourth-order valence-electron chi connectivity index (χ4n) is 4.89. The zero-order valence-electron chi connectivity index (χ0n) is 22.0. The number of carbonyl (C=O) groups excluding carboxylic acids is 2. The number of amides is 2. The van der Waals surface area contributed by atoms with Crippen molar-refractivity contribution in [3.63, 3.8) is 0 Å². The topological polar surface area (TPSA) is 90.2 Å². The van der Waals surface area contributed by atoms with Crippen molar-refractivity contribution in [2.24, 2.45) is 0 Å². The number of rotatable bonds is 9. The van der Waals surface area contributed by atoms with E-state index in [1.807, 2.05) is 32.0 Å². The highest BCUT2D eigenvalue weighted by atomic mass is 16.5. The van der Waals surface area contributed by atoms with Gasteiger partial charge in [-0.1, -0.05) is 25.0 Å². The highest BCUT2D eigenvalue weighted by Gasteiger charge is 2.37. The molecule has 0 bridgehead atoms. The third-order valence-corrected chi connectivity index (χ3v) is 6.79. The molecule has 0 saturated heterocycles. The monoisotopic (exact) mass is 506 g/mol. The van der Waals surface area contributed by atoms with Gasteiger partial charge in [0.25, 0.3) is 5.91 Å². The molecule has 2 amide bonds. The first-order valence-electron chi connectivity index (χ1n) is 12.4. The lowest BCUT2D eigenvalue weighted by molar-refractivity contribution is -0.123. The van der Waals surface area contributed by atoms with E-state index in [1.54, 1.807) is 24.3 Å². The van der Waals surface area contributed by atoms with Gasteiger partial charge < -0.3 is 23.9 Å². The first kappa shape index (κ1) is 26.1. The second-order valence-corrected chi connectivity index (χ2v) is 9.29. The van der Waals surface area contributed by atoms with Gasteiger partial charge in [0.1, 0.15) is 6.04 Å². The molecule has 1 N–H and O–H groups in total. The molecule has 1 heterocycles. The second kappa shape index (κ2) is 11.4. The van der Waals surface area contributed by atoms with Gasteiger partial charge in [-0.25, -0.2) is 0 Å². The number of hydrogen-bond donors (Lipinski definition) is 1. The van der Waals surface area contributed by atoms with E-state index in [9.17, 15) is 9.59 Å². The van der Waals surface area contributed by atoms with Crippen molar-refractivity contribution in [1.29, 1.82) is 0 Å². The molecule has 1 aromatic heterocycles. The second-order valence-electron chi connectivity index (χ2n) is 9.29. The maximum Gasteiger partial charge on any atom is 0.294 e. The minimum absolute atomic E-state index is 0.0520. The van der Waals surface area contributed by atoms with Crippen LogP contribution in [0.15, 0.2) is 53.1 Å². The molecule has 4 rings (SSSR count). The van der Waals surface area contributed by atoms with Crippen LogP contribution in [0.25, 0.3) is 0 Å². The first-order chi connectivity index (χ1) is 17.9. The number of nitrogens with zero attached hydrogens (tertiary/aromatic N) is 1. The summed E-state index contributed by atoms with van der Waals surface area (Å²) in [7, 11) is 4.56. The normalized spacial score (nSPS) is 14.2. The Bertz CT molecular complexity index is 1220. The number of benzene rings is 2. The molecule has 8 heteroatoms. The van der Waals surface area contributed by atoms with Gasteiger partial charge >= 0.3 is 0 Å². The summed E-state index contributed by atoms with van der Waals surface area (Å²) in [6.45, 7) is 3.86. The number of methoxy groups -OCH3 is 3. The van der Waals surface area contributed by atoms with Crippen molar-refractivity contribution in [1.82, 2.24) is 5.32 Å². The highest BCUT2D eigenvalue weighted by molar-refractivity contribution is 6.09. The first-order valence-corrected chi connectivity index (χ1v) is 12.4. The van der Waals surface area contributed by atoms with Crippen LogP contribution in [0.2, 0.25) is 0 Å². The van der Waals surface area contributed by atoms with Crippen molar-refractivity contribution in [2.45, 2.75) is 51.6 Å². The number of carbonyl (C=O) groups is 2. The average Bonchev–Trinajstić information content (AvgIpc) is 3.62. The molecule has 3 aromatic rings. The lowest BCUT2D eigenvalue weighted by atomic mass is 9.99. The smallest absolute Gasteiger partial charge is 0.294 e. The molecule has 1 atom stereocenters. The molecule has 8 nitrogen and oxygen atoms in total. The molecule has 0 radical (unpaired) electrons. The minimum Gasteiger partial charge on any atom is -0.493 e. The Morgan fingerprint density at radius 3 is 2.22 bits per heavy atom. The molecule has 2 aromatic carbocycles. The van der Waals surface area contributed by atoms with Gasteiger partial charge in [-0.05, 0) is 73.7 Å². The molecule has 1 fully saturated rings. The van der Waals surface area contributed by atoms with Crippen molar-refractivity contribution in [3.8, 4) is 17.2 Å². The molecule has 1 aliphatic carbocycles. The van der Waals surface area contributed by atoms with E-state index in [-0.39, 0.29) is 17.7 Å². The maximum atomic E-state index is 14.1. The van der Waals surface area contributed by atoms with Crippen molar-refractivity contribution < 1.29 is 28.2 Å². The Balaban J connectivity index is 1.94. The highest BCUT2D eigenvalue weighted by Crippen LogP contribution is 2.42. The van der Waals surface area contributed by atoms with Gasteiger partial charge in [0.2, 0.25) is 11.7 Å². The third-order valence-electron chi connectivity index (χ3n) is 6.79. The summed E-state index contributed by atoms with van der Waals surface area (Å²) in [5.41, 5.74) is 2.93. The molecule has 0 spiro atoms. The molecule has 1 saturated carbocycles. The summed E-state index contributed by atoms with van der Waals surface area (Å²) in [6, 6.07) is 11.5. The number of nitrogens with one attached hydrogen (secondary N) is 1. The zero-order chi connectivity index (χ0) is 26.5. The summed E-state index contributed by atoms with van der Waals surface area (Å²) < 4.78 is 22.2. The van der Waals surface area contributed by atoms with Crippen molar-refractivity contribution >= 4 is 17.5 Å². The van der Waals surface area contributed by atoms with Crippen LogP contribution < -0.4 is 24.4 Å². The van der Waals surface area contributed by atoms with E-state index in [2.05, 4.69) is 5.32 Å². The average molecular weight is 507 g/mol. The number of aryl methyl sites for hydroxylation is 2. The molecular formula is C29H34N2O6. The summed E-state index contributed by atoms with van der Waals surface area (Å²) >= 11 is 0. The molecule has 37 heavy (non-hydrogen) atoms. The van der Waals surface area contributed by atoms with E-state index in [4.69, 9.17) is 18.6 Å². The number of ether oxygens (including phenoxy) is 3. The van der Waals surface area contributed by atoms with Crippen LogP contribution in [0.4, 0.5) is 5.69 Å². The van der Waals surface area contributed by atoms with Crippen LogP contribution in [0.1, 0.15) is 59.0 Å². The molecule has 0 aliphatic heterocycles. The lowest BCUT2D eigenvalue weighted by Crippen LogP contribution is -2.46. The van der Waals surface area contributed by atoms with Crippen LogP contribution >= 0.6 is 0 Å². The van der Waals surface area contributed by atoms with Crippen LogP contribution in [-0.2, 0) is 4.79 Å². The fourth-order valence-corrected chi connectivity index (χ4v) is 4.89. The molecule has 1 aliphatic rings. The Hall–Kier alpha value is -3.94. The van der Waals surface area contributed by atoms with Crippen LogP contribution in [0, 0.1) is 13.8 Å². The third kappa shape index (κ3) is 5.43. The van der Waals surface area contributed by atoms with Crippen molar-refractivity contribution in [3.05, 3.63) is 71.2 Å². The summed E-state index contributed by atoms with van der Waals surface area (Å²) in [4.78, 5) is 29.6. The predicted molar refractivity (Wildman–Crippen MR) is 141 cm³/mol. The predicted octanol–water partition coefficient (Wildman–Crippen LogP) is 5.37. The fraction of sp³-hybridized carbons (Fsp3) is 0.379. The maximum absolute atomic E-state index is 14.1. The van der Waals surface area contributed by atoms with Crippen molar-refractivity contribution in [2.75, 3.05) is 26.2 Å². The van der Waals surface area contributed by atoms with Gasteiger partial charge in [0.15, 0.2) is 17.3 Å². The van der Waals surface area contributed by atoms with Gasteiger partial charge in [-0.15, -0.1) is 0 Å². The van der Waals surface area contributed by atoms with Gasteiger partial charge in [0.05, 0.1) is 27.6 Å². The SMILES string of the molecule is COc1cc(C(C(=O)NC2CCCC2)N(C(=O)c2ccco2)c2cc(C)ccc2C)cc(OC)c1OC. The quantitative estimate of drug-likeness (QED) is 0.420. The van der Waals surface area contributed by atoms with Crippen LogP contribution in [0.3, 0.4) is 0 Å². The Morgan fingerprint density at radius 2 is 1.65 bits per heavy atom. The van der Waals surface area contributed by atoms with Gasteiger partial charge in [-0.2, -0.15) is 0 Å². The number of hydrogen-bond acceptors (Lipinski definition) is 6. The Kier molecular flexibility index (Phi) is 8.06. The van der Waals surface area contributed by atoms with Gasteiger partial charge in [-0.3, -0.25) is 14.5 Å². The van der Waals surface area contributed by atoms with E-state index in [1.165, 1.54) is 32.5 Å². The van der Waals surface area contributed by atoms with Crippen LogP contribution in [0.5, 0.6) is 17.2 Å². The van der Waals surface area contributed by atoms with E-state index >= 15 is 0 Å². The lowest BCUT2D eigenvalue weighted by Gasteiger charge is -2.33. The standard InChI is InChI=1S/C29H34N2O6/c1-18-12-13-19(2)22(15-18)31(29(33)23-11-8-14-37-23)26(28(32)30-21-9-6-7-10-21)20-16-24(34-3)27(36-5)25(17-20)35-4/h8,11-17,21,26H,6-7,9-10H2,1-5H3,(H,30,32). The summed E-state index contributed by atoms with van der Waals surface area (Å²) in [5, 5.41) is 3.19. The number of anilines is 1. The molecule has 1 unspecified atom stereocenters. The summed E-state index contributed by atoms with van der Waals surface area (Å²) in [6.07, 6.45) is 5.38. The summed E-state index contributed by atoms with van der Waals surface area (Å²) in [5.74, 6) is 0.594. The number of furan rings is 1. The Labute approximate surface area is 217 Å². The van der Waals surface area contributed by atoms with E-state index < -0.39 is 11.9 Å². The van der Waals surface area contributed by atoms with E-state index in [0.29, 0.717) is 28.5 Å². The minimum atomic E-state index is -1.03.